The van der Waals surface area contributed by atoms with Crippen LogP contribution >= 0.6 is 11.8 Å². The summed E-state index contributed by atoms with van der Waals surface area (Å²) in [4.78, 5) is 18.0. The molecular weight excluding hydrogens is 251 g/mol. The zero-order chi connectivity index (χ0) is 12.5. The number of hydrogen-bond donors (Lipinski definition) is 0. The number of thioether (sulfide) groups is 1. The number of rotatable bonds is 1. The molecule has 0 aliphatic carbocycles. The van der Waals surface area contributed by atoms with E-state index in [9.17, 15) is 9.18 Å². The summed E-state index contributed by atoms with van der Waals surface area (Å²) < 4.78 is 13.5. The molecule has 1 saturated heterocycles. The molecule has 92 valence electrons. The van der Waals surface area contributed by atoms with Gasteiger partial charge in [0, 0.05) is 17.9 Å². The second kappa shape index (κ2) is 4.57. The summed E-state index contributed by atoms with van der Waals surface area (Å²) in [5.74, 6) is 0.520. The lowest BCUT2D eigenvalue weighted by Gasteiger charge is -2.21. The highest BCUT2D eigenvalue weighted by molar-refractivity contribution is 8.13. The number of amides is 1. The van der Waals surface area contributed by atoms with Crippen molar-refractivity contribution in [2.24, 2.45) is 4.99 Å². The number of aliphatic imine (C=N–C) groups is 1. The molecule has 0 N–H and O–H groups in total. The van der Waals surface area contributed by atoms with E-state index in [0.29, 0.717) is 17.8 Å². The predicted molar refractivity (Wildman–Crippen MR) is 70.6 cm³/mol. The molecule has 1 amide bonds. The SMILES string of the molecule is O=C1/C(=C/c2ccccc2F)N=C2SCCCN12. The molecule has 0 radical (unpaired) electrons. The Bertz CT molecular complexity index is 568. The van der Waals surface area contributed by atoms with Crippen LogP contribution in [0.5, 0.6) is 0 Å². The molecule has 0 saturated carbocycles. The number of hydrogen-bond acceptors (Lipinski definition) is 3. The van der Waals surface area contributed by atoms with Gasteiger partial charge in [0.15, 0.2) is 5.17 Å². The molecule has 0 bridgehead atoms. The molecule has 3 nitrogen and oxygen atoms in total. The highest BCUT2D eigenvalue weighted by Crippen LogP contribution is 2.28. The Morgan fingerprint density at radius 1 is 1.39 bits per heavy atom. The molecule has 1 aromatic rings. The van der Waals surface area contributed by atoms with Crippen molar-refractivity contribution in [2.75, 3.05) is 12.3 Å². The Balaban J connectivity index is 1.96. The maximum absolute atomic E-state index is 13.5. The zero-order valence-electron chi connectivity index (χ0n) is 9.60. The topological polar surface area (TPSA) is 32.7 Å². The molecule has 0 aromatic heterocycles. The Labute approximate surface area is 108 Å². The molecule has 0 spiro atoms. The van der Waals surface area contributed by atoms with Gasteiger partial charge in [0.05, 0.1) is 0 Å². The number of carbonyl (C=O) groups is 1. The number of carbonyl (C=O) groups excluding carboxylic acids is 1. The Morgan fingerprint density at radius 3 is 3.00 bits per heavy atom. The van der Waals surface area contributed by atoms with Crippen LogP contribution in [-0.4, -0.2) is 28.3 Å². The summed E-state index contributed by atoms with van der Waals surface area (Å²) in [5.41, 5.74) is 0.722. The van der Waals surface area contributed by atoms with Crippen molar-refractivity contribution >= 4 is 28.9 Å². The van der Waals surface area contributed by atoms with Gasteiger partial charge >= 0.3 is 0 Å². The third-order valence-electron chi connectivity index (χ3n) is 2.87. The van der Waals surface area contributed by atoms with Crippen LogP contribution in [0, 0.1) is 5.82 Å². The average molecular weight is 262 g/mol. The van der Waals surface area contributed by atoms with Gasteiger partial charge in [-0.25, -0.2) is 9.38 Å². The minimum Gasteiger partial charge on any atom is -0.286 e. The number of amidine groups is 1. The molecule has 3 rings (SSSR count). The molecule has 5 heteroatoms. The highest BCUT2D eigenvalue weighted by Gasteiger charge is 2.32. The molecule has 18 heavy (non-hydrogen) atoms. The van der Waals surface area contributed by atoms with Crippen molar-refractivity contribution in [3.8, 4) is 0 Å². The molecule has 2 heterocycles. The Hall–Kier alpha value is -1.62. The lowest BCUT2D eigenvalue weighted by atomic mass is 10.2. The van der Waals surface area contributed by atoms with Gasteiger partial charge in [-0.15, -0.1) is 0 Å². The first-order valence-electron chi connectivity index (χ1n) is 5.75. The Kier molecular flexibility index (Phi) is 2.91. The van der Waals surface area contributed by atoms with Crippen LogP contribution in [-0.2, 0) is 4.79 Å². The quantitative estimate of drug-likeness (QED) is 0.728. The first kappa shape index (κ1) is 11.5. The Morgan fingerprint density at radius 2 is 2.22 bits per heavy atom. The van der Waals surface area contributed by atoms with Gasteiger partial charge < -0.3 is 0 Å². The smallest absolute Gasteiger partial charge is 0.278 e. The zero-order valence-corrected chi connectivity index (χ0v) is 10.4. The highest BCUT2D eigenvalue weighted by atomic mass is 32.2. The van der Waals surface area contributed by atoms with E-state index in [1.165, 1.54) is 12.1 Å². The van der Waals surface area contributed by atoms with E-state index < -0.39 is 0 Å². The van der Waals surface area contributed by atoms with E-state index >= 15 is 0 Å². The van der Waals surface area contributed by atoms with E-state index in [4.69, 9.17) is 0 Å². The number of halogens is 1. The van der Waals surface area contributed by atoms with Crippen LogP contribution in [0.3, 0.4) is 0 Å². The fourth-order valence-corrected chi connectivity index (χ4v) is 2.91. The molecule has 0 atom stereocenters. The summed E-state index contributed by atoms with van der Waals surface area (Å²) in [6, 6.07) is 6.38. The third-order valence-corrected chi connectivity index (χ3v) is 3.93. The van der Waals surface area contributed by atoms with Crippen molar-refractivity contribution < 1.29 is 9.18 Å². The van der Waals surface area contributed by atoms with Gasteiger partial charge in [0.2, 0.25) is 0 Å². The van der Waals surface area contributed by atoms with Gasteiger partial charge in [-0.1, -0.05) is 30.0 Å². The van der Waals surface area contributed by atoms with Crippen LogP contribution in [0.4, 0.5) is 4.39 Å². The summed E-state index contributed by atoms with van der Waals surface area (Å²) >= 11 is 1.58. The summed E-state index contributed by atoms with van der Waals surface area (Å²) in [5, 5.41) is 0.744. The van der Waals surface area contributed by atoms with Crippen molar-refractivity contribution in [2.45, 2.75) is 6.42 Å². The fourth-order valence-electron chi connectivity index (χ4n) is 1.96. The molecule has 2 aliphatic rings. The van der Waals surface area contributed by atoms with Crippen molar-refractivity contribution in [1.82, 2.24) is 4.90 Å². The normalized spacial score (nSPS) is 21.2. The minimum absolute atomic E-state index is 0.125. The maximum atomic E-state index is 13.5. The lowest BCUT2D eigenvalue weighted by Crippen LogP contribution is -2.34. The fraction of sp³-hybridized carbons (Fsp3) is 0.231. The minimum atomic E-state index is -0.337. The maximum Gasteiger partial charge on any atom is 0.278 e. The van der Waals surface area contributed by atoms with Crippen LogP contribution in [0.1, 0.15) is 12.0 Å². The first-order valence-corrected chi connectivity index (χ1v) is 6.74. The van der Waals surface area contributed by atoms with Crippen LogP contribution in [0.15, 0.2) is 35.0 Å². The van der Waals surface area contributed by atoms with Crippen LogP contribution < -0.4 is 0 Å². The van der Waals surface area contributed by atoms with Crippen molar-refractivity contribution in [3.05, 3.63) is 41.3 Å². The van der Waals surface area contributed by atoms with E-state index in [2.05, 4.69) is 4.99 Å². The molecule has 2 aliphatic heterocycles. The summed E-state index contributed by atoms with van der Waals surface area (Å²) in [7, 11) is 0. The van der Waals surface area contributed by atoms with E-state index in [-0.39, 0.29) is 11.7 Å². The largest absolute Gasteiger partial charge is 0.286 e. The van der Waals surface area contributed by atoms with Crippen molar-refractivity contribution in [1.29, 1.82) is 0 Å². The van der Waals surface area contributed by atoms with E-state index in [1.54, 1.807) is 34.9 Å². The molecule has 1 fully saturated rings. The molecule has 1 aromatic carbocycles. The second-order valence-electron chi connectivity index (χ2n) is 4.10. The van der Waals surface area contributed by atoms with E-state index in [1.807, 2.05) is 0 Å². The second-order valence-corrected chi connectivity index (χ2v) is 5.17. The third kappa shape index (κ3) is 1.95. The van der Waals surface area contributed by atoms with Crippen LogP contribution in [0.2, 0.25) is 0 Å². The average Bonchev–Trinajstić information content (AvgIpc) is 2.70. The predicted octanol–water partition coefficient (Wildman–Crippen LogP) is 2.50. The molecular formula is C13H11FN2OS. The molecule has 0 unspecified atom stereocenters. The van der Waals surface area contributed by atoms with Gasteiger partial charge in [0.25, 0.3) is 5.91 Å². The monoisotopic (exact) mass is 262 g/mol. The standard InChI is InChI=1S/C13H11FN2OS/c14-10-5-2-1-4-9(10)8-11-12(17)16-6-3-7-18-13(16)15-11/h1-2,4-5,8H,3,6-7H2/b11-8-. The van der Waals surface area contributed by atoms with Crippen molar-refractivity contribution in [3.63, 3.8) is 0 Å². The van der Waals surface area contributed by atoms with Gasteiger partial charge in [-0.2, -0.15) is 0 Å². The van der Waals surface area contributed by atoms with Crippen LogP contribution in [0.25, 0.3) is 6.08 Å². The number of benzene rings is 1. The number of nitrogens with zero attached hydrogens (tertiary/aromatic N) is 2. The van der Waals surface area contributed by atoms with E-state index in [0.717, 1.165) is 17.3 Å². The van der Waals surface area contributed by atoms with Gasteiger partial charge in [0.1, 0.15) is 11.5 Å². The lowest BCUT2D eigenvalue weighted by molar-refractivity contribution is -0.122. The van der Waals surface area contributed by atoms with Gasteiger partial charge in [-0.3, -0.25) is 9.69 Å². The first-order chi connectivity index (χ1) is 8.75. The summed E-state index contributed by atoms with van der Waals surface area (Å²) in [6.45, 7) is 0.708. The summed E-state index contributed by atoms with van der Waals surface area (Å²) in [6.07, 6.45) is 2.49. The van der Waals surface area contributed by atoms with Gasteiger partial charge in [-0.05, 0) is 18.6 Å². The number of fused-ring (bicyclic) bond motifs is 1.